The zero-order chi connectivity index (χ0) is 13.5. The number of hydrogen-bond donors (Lipinski definition) is 1. The molecule has 18 heavy (non-hydrogen) atoms. The number of rotatable bonds is 7. The molecule has 0 spiro atoms. The molecule has 1 aliphatic rings. The first-order valence-corrected chi connectivity index (χ1v) is 7.32. The highest BCUT2D eigenvalue weighted by molar-refractivity contribution is 5.69. The van der Waals surface area contributed by atoms with Crippen LogP contribution in [0.25, 0.3) is 0 Å². The molecule has 3 heteroatoms. The van der Waals surface area contributed by atoms with E-state index >= 15 is 0 Å². The van der Waals surface area contributed by atoms with Crippen LogP contribution in [0, 0.1) is 17.8 Å². The monoisotopic (exact) mass is 256 g/mol. The molecular formula is C15H28O3. The van der Waals surface area contributed by atoms with E-state index in [4.69, 9.17) is 4.74 Å². The Morgan fingerprint density at radius 1 is 1.28 bits per heavy atom. The van der Waals surface area contributed by atoms with E-state index in [1.807, 2.05) is 0 Å². The molecule has 1 saturated carbocycles. The van der Waals surface area contributed by atoms with Crippen LogP contribution in [0.4, 0.5) is 0 Å². The lowest BCUT2D eigenvalue weighted by molar-refractivity contribution is -0.146. The van der Waals surface area contributed by atoms with Crippen molar-refractivity contribution in [1.82, 2.24) is 0 Å². The van der Waals surface area contributed by atoms with Crippen LogP contribution in [-0.2, 0) is 9.53 Å². The molecule has 0 bridgehead atoms. The molecule has 0 radical (unpaired) electrons. The maximum atomic E-state index is 11.7. The number of ether oxygens (including phenoxy) is 1. The quantitative estimate of drug-likeness (QED) is 0.712. The van der Waals surface area contributed by atoms with Crippen LogP contribution >= 0.6 is 0 Å². The largest absolute Gasteiger partial charge is 0.465 e. The minimum Gasteiger partial charge on any atom is -0.465 e. The van der Waals surface area contributed by atoms with Crippen molar-refractivity contribution < 1.29 is 14.6 Å². The first kappa shape index (κ1) is 15.5. The van der Waals surface area contributed by atoms with Gasteiger partial charge >= 0.3 is 5.97 Å². The smallest absolute Gasteiger partial charge is 0.306 e. The minimum absolute atomic E-state index is 0.106. The molecule has 0 aromatic heterocycles. The Bertz CT molecular complexity index is 250. The van der Waals surface area contributed by atoms with E-state index in [1.165, 1.54) is 0 Å². The van der Waals surface area contributed by atoms with Crippen LogP contribution in [-0.4, -0.2) is 23.8 Å². The average molecular weight is 256 g/mol. The van der Waals surface area contributed by atoms with E-state index in [0.717, 1.165) is 32.1 Å². The molecule has 0 aromatic carbocycles. The van der Waals surface area contributed by atoms with Crippen LogP contribution in [0.3, 0.4) is 0 Å². The summed E-state index contributed by atoms with van der Waals surface area (Å²) in [5, 5.41) is 9.64. The molecule has 106 valence electrons. The maximum Gasteiger partial charge on any atom is 0.306 e. The van der Waals surface area contributed by atoms with Gasteiger partial charge in [-0.05, 0) is 31.1 Å². The summed E-state index contributed by atoms with van der Waals surface area (Å²) in [6.07, 6.45) is 5.37. The van der Waals surface area contributed by atoms with Crippen LogP contribution in [0.15, 0.2) is 0 Å². The molecule has 1 aliphatic carbocycles. The fraction of sp³-hybridized carbons (Fsp3) is 0.933. The van der Waals surface area contributed by atoms with Crippen molar-refractivity contribution in [2.45, 2.75) is 65.4 Å². The summed E-state index contributed by atoms with van der Waals surface area (Å²) in [4.78, 5) is 11.7. The third-order valence-electron chi connectivity index (χ3n) is 3.83. The molecule has 3 nitrogen and oxygen atoms in total. The van der Waals surface area contributed by atoms with Crippen molar-refractivity contribution >= 4 is 5.97 Å². The highest BCUT2D eigenvalue weighted by Crippen LogP contribution is 2.26. The Balaban J connectivity index is 2.13. The summed E-state index contributed by atoms with van der Waals surface area (Å²) in [7, 11) is 0. The Hall–Kier alpha value is -0.570. The fourth-order valence-corrected chi connectivity index (χ4v) is 2.48. The second-order valence-electron chi connectivity index (χ2n) is 6.22. The van der Waals surface area contributed by atoms with Gasteiger partial charge in [0.25, 0.3) is 0 Å². The molecule has 3 unspecified atom stereocenters. The number of esters is 1. The Kier molecular flexibility index (Phi) is 6.69. The second kappa shape index (κ2) is 7.78. The lowest BCUT2D eigenvalue weighted by Gasteiger charge is -2.16. The summed E-state index contributed by atoms with van der Waals surface area (Å²) in [6.45, 7) is 6.91. The molecule has 0 saturated heterocycles. The number of hydrogen-bond acceptors (Lipinski definition) is 3. The van der Waals surface area contributed by atoms with Crippen LogP contribution in [0.1, 0.15) is 59.3 Å². The highest BCUT2D eigenvalue weighted by atomic mass is 16.5. The molecule has 1 N–H and O–H groups in total. The zero-order valence-corrected chi connectivity index (χ0v) is 12.0. The van der Waals surface area contributed by atoms with Crippen molar-refractivity contribution in [3.8, 4) is 0 Å². The van der Waals surface area contributed by atoms with Gasteiger partial charge in [-0.3, -0.25) is 4.79 Å². The minimum atomic E-state index is -0.267. The SMILES string of the molecule is CC(C)CCC(C)CC(=O)OCC1CCCC1O. The highest BCUT2D eigenvalue weighted by Gasteiger charge is 2.26. The summed E-state index contributed by atoms with van der Waals surface area (Å²) >= 11 is 0. The van der Waals surface area contributed by atoms with Crippen molar-refractivity contribution in [3.63, 3.8) is 0 Å². The second-order valence-corrected chi connectivity index (χ2v) is 6.22. The van der Waals surface area contributed by atoms with E-state index in [0.29, 0.717) is 24.9 Å². The topological polar surface area (TPSA) is 46.5 Å². The van der Waals surface area contributed by atoms with E-state index in [2.05, 4.69) is 20.8 Å². The van der Waals surface area contributed by atoms with Gasteiger partial charge in [0, 0.05) is 12.3 Å². The Morgan fingerprint density at radius 3 is 2.56 bits per heavy atom. The molecule has 0 aromatic rings. The van der Waals surface area contributed by atoms with Gasteiger partial charge in [0.2, 0.25) is 0 Å². The Labute approximate surface area is 111 Å². The first-order valence-electron chi connectivity index (χ1n) is 7.32. The standard InChI is InChI=1S/C15H28O3/c1-11(2)7-8-12(3)9-15(17)18-10-13-5-4-6-14(13)16/h11-14,16H,4-10H2,1-3H3. The molecule has 0 heterocycles. The van der Waals surface area contributed by atoms with Gasteiger partial charge in [0.1, 0.15) is 0 Å². The van der Waals surface area contributed by atoms with Crippen LogP contribution < -0.4 is 0 Å². The predicted molar refractivity (Wildman–Crippen MR) is 72.2 cm³/mol. The van der Waals surface area contributed by atoms with Crippen molar-refractivity contribution in [3.05, 3.63) is 0 Å². The van der Waals surface area contributed by atoms with E-state index in [-0.39, 0.29) is 18.0 Å². The average Bonchev–Trinajstić information content (AvgIpc) is 2.69. The van der Waals surface area contributed by atoms with Gasteiger partial charge in [-0.25, -0.2) is 0 Å². The molecule has 3 atom stereocenters. The molecule has 1 fully saturated rings. The summed E-state index contributed by atoms with van der Waals surface area (Å²) < 4.78 is 5.27. The zero-order valence-electron chi connectivity index (χ0n) is 12.0. The molecular weight excluding hydrogens is 228 g/mol. The van der Waals surface area contributed by atoms with Crippen LogP contribution in [0.5, 0.6) is 0 Å². The van der Waals surface area contributed by atoms with E-state index < -0.39 is 0 Å². The van der Waals surface area contributed by atoms with Gasteiger partial charge in [-0.2, -0.15) is 0 Å². The van der Waals surface area contributed by atoms with Gasteiger partial charge in [0.05, 0.1) is 12.7 Å². The lowest BCUT2D eigenvalue weighted by atomic mass is 9.97. The number of aliphatic hydroxyl groups excluding tert-OH is 1. The number of aliphatic hydroxyl groups is 1. The lowest BCUT2D eigenvalue weighted by Crippen LogP contribution is -2.21. The van der Waals surface area contributed by atoms with Crippen molar-refractivity contribution in [1.29, 1.82) is 0 Å². The Morgan fingerprint density at radius 2 is 2.00 bits per heavy atom. The number of carbonyl (C=O) groups is 1. The molecule has 1 rings (SSSR count). The van der Waals surface area contributed by atoms with Gasteiger partial charge in [-0.1, -0.05) is 33.6 Å². The maximum absolute atomic E-state index is 11.7. The first-order chi connectivity index (χ1) is 8.49. The normalized spacial score (nSPS) is 25.4. The third kappa shape index (κ3) is 5.85. The summed E-state index contributed by atoms with van der Waals surface area (Å²) in [6, 6.07) is 0. The fourth-order valence-electron chi connectivity index (χ4n) is 2.48. The van der Waals surface area contributed by atoms with Gasteiger partial charge in [-0.15, -0.1) is 0 Å². The van der Waals surface area contributed by atoms with Crippen molar-refractivity contribution in [2.75, 3.05) is 6.61 Å². The number of carbonyl (C=O) groups excluding carboxylic acids is 1. The third-order valence-corrected chi connectivity index (χ3v) is 3.83. The molecule has 0 aliphatic heterocycles. The van der Waals surface area contributed by atoms with Crippen LogP contribution in [0.2, 0.25) is 0 Å². The van der Waals surface area contributed by atoms with E-state index in [9.17, 15) is 9.90 Å². The van der Waals surface area contributed by atoms with Gasteiger partial charge in [0.15, 0.2) is 0 Å². The van der Waals surface area contributed by atoms with Crippen molar-refractivity contribution in [2.24, 2.45) is 17.8 Å². The predicted octanol–water partition coefficient (Wildman–Crippen LogP) is 3.15. The van der Waals surface area contributed by atoms with Gasteiger partial charge < -0.3 is 9.84 Å². The summed E-state index contributed by atoms with van der Waals surface area (Å²) in [5.74, 6) is 1.15. The summed E-state index contributed by atoms with van der Waals surface area (Å²) in [5.41, 5.74) is 0. The van der Waals surface area contributed by atoms with E-state index in [1.54, 1.807) is 0 Å². The molecule has 0 amide bonds.